The number of rotatable bonds is 5. The van der Waals surface area contributed by atoms with Gasteiger partial charge in [-0.3, -0.25) is 9.69 Å². The predicted molar refractivity (Wildman–Crippen MR) is 75.3 cm³/mol. The fourth-order valence-electron chi connectivity index (χ4n) is 2.43. The summed E-state index contributed by atoms with van der Waals surface area (Å²) in [7, 11) is -4.31. The van der Waals surface area contributed by atoms with Gasteiger partial charge in [0.15, 0.2) is 17.5 Å². The zero-order chi connectivity index (χ0) is 17.2. The number of likely N-dealkylation sites (tertiary alicyclic amines) is 1. The van der Waals surface area contributed by atoms with E-state index in [-0.39, 0.29) is 6.54 Å². The Balaban J connectivity index is 2.06. The molecular weight excluding hydrogens is 335 g/mol. The van der Waals surface area contributed by atoms with Gasteiger partial charge in [-0.2, -0.15) is 0 Å². The van der Waals surface area contributed by atoms with E-state index in [1.807, 2.05) is 0 Å². The van der Waals surface area contributed by atoms with Crippen molar-refractivity contribution in [3.63, 3.8) is 0 Å². The Morgan fingerprint density at radius 1 is 1.22 bits per heavy atom. The third-order valence-electron chi connectivity index (χ3n) is 3.58. The van der Waals surface area contributed by atoms with Crippen LogP contribution >= 0.6 is 0 Å². The highest BCUT2D eigenvalue weighted by Crippen LogP contribution is 2.21. The van der Waals surface area contributed by atoms with E-state index in [1.54, 1.807) is 4.90 Å². The number of carbonyl (C=O) groups is 1. The fourth-order valence-corrected chi connectivity index (χ4v) is 3.80. The number of halogens is 3. The van der Waals surface area contributed by atoms with Crippen molar-refractivity contribution in [2.75, 3.05) is 19.6 Å². The van der Waals surface area contributed by atoms with Crippen molar-refractivity contribution >= 4 is 15.9 Å². The first kappa shape index (κ1) is 17.7. The van der Waals surface area contributed by atoms with Gasteiger partial charge in [0.1, 0.15) is 4.90 Å². The monoisotopic (exact) mass is 351 g/mol. The van der Waals surface area contributed by atoms with Crippen LogP contribution in [0.1, 0.15) is 12.8 Å². The van der Waals surface area contributed by atoms with Crippen molar-refractivity contribution in [1.29, 1.82) is 0 Å². The highest BCUT2D eigenvalue weighted by molar-refractivity contribution is 7.89. The van der Waals surface area contributed by atoms with Crippen molar-refractivity contribution in [3.8, 4) is 0 Å². The summed E-state index contributed by atoms with van der Waals surface area (Å²) in [6.07, 6.45) is 0.773. The third kappa shape index (κ3) is 4.21. The number of benzene rings is 1. The molecule has 1 aromatic carbocycles. The molecule has 1 saturated heterocycles. The Bertz CT molecular complexity index is 704. The van der Waals surface area contributed by atoms with Crippen molar-refractivity contribution in [3.05, 3.63) is 29.6 Å². The largest absolute Gasteiger partial charge is 0.369 e. The maximum atomic E-state index is 13.6. The van der Waals surface area contributed by atoms with Gasteiger partial charge >= 0.3 is 0 Å². The second kappa shape index (κ2) is 6.85. The summed E-state index contributed by atoms with van der Waals surface area (Å²) in [6, 6.07) is 0.748. The van der Waals surface area contributed by atoms with Crippen LogP contribution in [0.5, 0.6) is 0 Å². The number of piperidine rings is 1. The van der Waals surface area contributed by atoms with Crippen LogP contribution in [-0.2, 0) is 14.8 Å². The minimum absolute atomic E-state index is 0.0806. The number of nitrogens with two attached hydrogens (primary N) is 1. The summed E-state index contributed by atoms with van der Waals surface area (Å²) in [5, 5.41) is 0. The number of hydrogen-bond acceptors (Lipinski definition) is 4. The molecule has 0 aliphatic carbocycles. The van der Waals surface area contributed by atoms with E-state index in [9.17, 15) is 26.4 Å². The minimum atomic E-state index is -4.31. The van der Waals surface area contributed by atoms with Gasteiger partial charge in [0.2, 0.25) is 15.9 Å². The zero-order valence-electron chi connectivity index (χ0n) is 12.1. The van der Waals surface area contributed by atoms with Crippen LogP contribution in [0.4, 0.5) is 13.2 Å². The summed E-state index contributed by atoms with van der Waals surface area (Å²) in [6.45, 7) is 0.962. The van der Waals surface area contributed by atoms with Crippen LogP contribution in [0.3, 0.4) is 0 Å². The molecule has 0 saturated carbocycles. The smallest absolute Gasteiger partial charge is 0.243 e. The first-order valence-corrected chi connectivity index (χ1v) is 8.35. The second-order valence-corrected chi connectivity index (χ2v) is 6.99. The average Bonchev–Trinajstić information content (AvgIpc) is 2.46. The van der Waals surface area contributed by atoms with Crippen molar-refractivity contribution in [2.24, 2.45) is 5.73 Å². The van der Waals surface area contributed by atoms with Gasteiger partial charge in [0, 0.05) is 19.1 Å². The Labute approximate surface area is 131 Å². The van der Waals surface area contributed by atoms with Gasteiger partial charge in [-0.15, -0.1) is 0 Å². The quantitative estimate of drug-likeness (QED) is 0.748. The molecule has 128 valence electrons. The summed E-state index contributed by atoms with van der Waals surface area (Å²) in [5.41, 5.74) is 5.08. The molecule has 6 nitrogen and oxygen atoms in total. The normalized spacial score (nSPS) is 17.3. The van der Waals surface area contributed by atoms with Gasteiger partial charge in [-0.25, -0.2) is 26.3 Å². The maximum absolute atomic E-state index is 13.6. The standard InChI is InChI=1S/C13H16F3N3O3S/c14-9-1-2-10(13(16)12(9)15)23(21,22)18-8-3-5-19(6-4-8)7-11(17)20/h1-2,8,18H,3-7H2,(H2,17,20). The van der Waals surface area contributed by atoms with Gasteiger partial charge in [0.25, 0.3) is 0 Å². The van der Waals surface area contributed by atoms with Crippen LogP contribution in [0.25, 0.3) is 0 Å². The zero-order valence-corrected chi connectivity index (χ0v) is 12.9. The Morgan fingerprint density at radius 2 is 1.83 bits per heavy atom. The third-order valence-corrected chi connectivity index (χ3v) is 5.12. The number of nitrogens with one attached hydrogen (secondary N) is 1. The summed E-state index contributed by atoms with van der Waals surface area (Å²) < 4.78 is 66.2. The fraction of sp³-hybridized carbons (Fsp3) is 0.462. The topological polar surface area (TPSA) is 92.5 Å². The number of carbonyl (C=O) groups excluding carboxylic acids is 1. The molecule has 1 aromatic rings. The van der Waals surface area contributed by atoms with Crippen LogP contribution in [0.2, 0.25) is 0 Å². The molecule has 2 rings (SSSR count). The lowest BCUT2D eigenvalue weighted by Crippen LogP contribution is -2.46. The summed E-state index contributed by atoms with van der Waals surface area (Å²) >= 11 is 0. The molecule has 1 aliphatic rings. The number of amides is 1. The van der Waals surface area contributed by atoms with Gasteiger partial charge < -0.3 is 5.73 Å². The van der Waals surface area contributed by atoms with Crippen LogP contribution in [0.15, 0.2) is 17.0 Å². The minimum Gasteiger partial charge on any atom is -0.369 e. The second-order valence-electron chi connectivity index (χ2n) is 5.31. The van der Waals surface area contributed by atoms with E-state index < -0.39 is 44.3 Å². The van der Waals surface area contributed by atoms with Crippen molar-refractivity contribution in [2.45, 2.75) is 23.8 Å². The molecular formula is C13H16F3N3O3S. The van der Waals surface area contributed by atoms with Crippen molar-refractivity contribution in [1.82, 2.24) is 9.62 Å². The van der Waals surface area contributed by atoms with Crippen LogP contribution in [0, 0.1) is 17.5 Å². The van der Waals surface area contributed by atoms with E-state index in [4.69, 9.17) is 5.73 Å². The summed E-state index contributed by atoms with van der Waals surface area (Å²) in [5.74, 6) is -5.51. The molecule has 23 heavy (non-hydrogen) atoms. The number of nitrogens with zero attached hydrogens (tertiary/aromatic N) is 1. The van der Waals surface area contributed by atoms with Gasteiger partial charge in [0.05, 0.1) is 6.54 Å². The molecule has 10 heteroatoms. The van der Waals surface area contributed by atoms with Gasteiger partial charge in [-0.05, 0) is 25.0 Å². The van der Waals surface area contributed by atoms with Crippen LogP contribution in [-0.4, -0.2) is 44.9 Å². The first-order valence-electron chi connectivity index (χ1n) is 6.87. The number of sulfonamides is 1. The Kier molecular flexibility index (Phi) is 5.27. The highest BCUT2D eigenvalue weighted by Gasteiger charge is 2.28. The molecule has 0 aromatic heterocycles. The van der Waals surface area contributed by atoms with E-state index in [1.165, 1.54) is 0 Å². The Hall–Kier alpha value is -1.65. The average molecular weight is 351 g/mol. The van der Waals surface area contributed by atoms with E-state index in [0.717, 1.165) is 0 Å². The molecule has 0 radical (unpaired) electrons. The lowest BCUT2D eigenvalue weighted by molar-refractivity contribution is -0.119. The molecule has 1 fully saturated rings. The van der Waals surface area contributed by atoms with Gasteiger partial charge in [-0.1, -0.05) is 0 Å². The molecule has 1 aliphatic heterocycles. The first-order chi connectivity index (χ1) is 10.7. The summed E-state index contributed by atoms with van der Waals surface area (Å²) in [4.78, 5) is 11.7. The highest BCUT2D eigenvalue weighted by atomic mass is 32.2. The Morgan fingerprint density at radius 3 is 2.39 bits per heavy atom. The SMILES string of the molecule is NC(=O)CN1CCC(NS(=O)(=O)c2ccc(F)c(F)c2F)CC1. The van der Waals surface area contributed by atoms with E-state index in [2.05, 4.69) is 4.72 Å². The van der Waals surface area contributed by atoms with Crippen molar-refractivity contribution < 1.29 is 26.4 Å². The predicted octanol–water partition coefficient (Wildman–Crippen LogP) is 0.332. The molecule has 0 bridgehead atoms. The number of primary amides is 1. The molecule has 1 amide bonds. The molecule has 3 N–H and O–H groups in total. The maximum Gasteiger partial charge on any atom is 0.243 e. The molecule has 1 heterocycles. The van der Waals surface area contributed by atoms with E-state index in [0.29, 0.717) is 38.1 Å². The molecule has 0 atom stereocenters. The van der Waals surface area contributed by atoms with Crippen LogP contribution < -0.4 is 10.5 Å². The molecule has 0 unspecified atom stereocenters. The number of hydrogen-bond donors (Lipinski definition) is 2. The molecule has 0 spiro atoms. The lowest BCUT2D eigenvalue weighted by atomic mass is 10.1. The van der Waals surface area contributed by atoms with E-state index >= 15 is 0 Å². The lowest BCUT2D eigenvalue weighted by Gasteiger charge is -2.31.